The van der Waals surface area contributed by atoms with Crippen molar-refractivity contribution in [3.05, 3.63) is 26.7 Å². The van der Waals surface area contributed by atoms with E-state index in [-0.39, 0.29) is 10.1 Å². The fraction of sp³-hybridized carbons (Fsp3) is 0.300. The van der Waals surface area contributed by atoms with Gasteiger partial charge in [-0.25, -0.2) is 13.1 Å². The standard InChI is InChI=1S/C10H11BrN2O3S2/c1-5-4-8(17-9(5)11)18(14,15)13-10-6(2)7(3)12-16-10/h4,13H,1-3H3. The predicted molar refractivity (Wildman–Crippen MR) is 73.5 cm³/mol. The van der Waals surface area contributed by atoms with Crippen molar-refractivity contribution in [2.75, 3.05) is 4.72 Å². The zero-order chi connectivity index (χ0) is 13.5. The lowest BCUT2D eigenvalue weighted by Crippen LogP contribution is -2.11. The summed E-state index contributed by atoms with van der Waals surface area (Å²) in [7, 11) is -3.62. The molecule has 0 radical (unpaired) electrons. The van der Waals surface area contributed by atoms with Gasteiger partial charge in [-0.1, -0.05) is 5.16 Å². The quantitative estimate of drug-likeness (QED) is 0.922. The molecule has 8 heteroatoms. The summed E-state index contributed by atoms with van der Waals surface area (Å²) < 4.78 is 32.6. The van der Waals surface area contributed by atoms with Gasteiger partial charge in [-0.3, -0.25) is 0 Å². The smallest absolute Gasteiger partial charge is 0.273 e. The average Bonchev–Trinajstić information content (AvgIpc) is 2.77. The van der Waals surface area contributed by atoms with E-state index in [9.17, 15) is 8.42 Å². The molecule has 0 aliphatic rings. The maximum Gasteiger partial charge on any atom is 0.273 e. The van der Waals surface area contributed by atoms with Crippen LogP contribution in [0, 0.1) is 20.8 Å². The predicted octanol–water partition coefficient (Wildman–Crippen LogP) is 3.22. The van der Waals surface area contributed by atoms with E-state index in [1.165, 1.54) is 0 Å². The Balaban J connectivity index is 2.36. The van der Waals surface area contributed by atoms with Gasteiger partial charge in [0.2, 0.25) is 5.88 Å². The number of nitrogens with zero attached hydrogens (tertiary/aromatic N) is 1. The molecule has 98 valence electrons. The zero-order valence-corrected chi connectivity index (χ0v) is 13.2. The Kier molecular flexibility index (Phi) is 3.52. The van der Waals surface area contributed by atoms with Crippen LogP contribution >= 0.6 is 27.3 Å². The third kappa shape index (κ3) is 2.45. The first-order valence-electron chi connectivity index (χ1n) is 5.03. The van der Waals surface area contributed by atoms with Crippen LogP contribution in [0.15, 0.2) is 18.6 Å². The normalized spacial score (nSPS) is 11.8. The van der Waals surface area contributed by atoms with Gasteiger partial charge in [0.1, 0.15) is 4.21 Å². The molecule has 2 heterocycles. The first-order chi connectivity index (χ1) is 8.31. The molecule has 0 amide bonds. The van der Waals surface area contributed by atoms with Crippen LogP contribution in [0.2, 0.25) is 0 Å². The molecule has 2 aromatic heterocycles. The molecule has 18 heavy (non-hydrogen) atoms. The van der Waals surface area contributed by atoms with E-state index in [2.05, 4.69) is 25.8 Å². The Labute approximate surface area is 117 Å². The number of aromatic nitrogens is 1. The zero-order valence-electron chi connectivity index (χ0n) is 9.94. The first kappa shape index (κ1) is 13.6. The molecular formula is C10H11BrN2O3S2. The van der Waals surface area contributed by atoms with Crippen LogP contribution in [0.1, 0.15) is 16.8 Å². The molecule has 2 aromatic rings. The molecule has 5 nitrogen and oxygen atoms in total. The van der Waals surface area contributed by atoms with Crippen molar-refractivity contribution < 1.29 is 12.9 Å². The highest BCUT2D eigenvalue weighted by Crippen LogP contribution is 2.32. The van der Waals surface area contributed by atoms with Gasteiger partial charge in [0.15, 0.2) is 0 Å². The summed E-state index contributed by atoms with van der Waals surface area (Å²) in [5.41, 5.74) is 2.23. The summed E-state index contributed by atoms with van der Waals surface area (Å²) in [6, 6.07) is 1.61. The summed E-state index contributed by atoms with van der Waals surface area (Å²) in [4.78, 5) is 0. The fourth-order valence-corrected chi connectivity index (χ4v) is 4.52. The second kappa shape index (κ2) is 4.67. The highest BCUT2D eigenvalue weighted by atomic mass is 79.9. The van der Waals surface area contributed by atoms with Crippen molar-refractivity contribution >= 4 is 43.2 Å². The number of aryl methyl sites for hydroxylation is 2. The second-order valence-corrected chi connectivity index (χ2v) is 8.13. The molecule has 2 rings (SSSR count). The maximum atomic E-state index is 12.1. The van der Waals surface area contributed by atoms with Gasteiger partial charge >= 0.3 is 0 Å². The summed E-state index contributed by atoms with van der Waals surface area (Å²) in [6.07, 6.45) is 0. The van der Waals surface area contributed by atoms with E-state index in [1.807, 2.05) is 6.92 Å². The van der Waals surface area contributed by atoms with Crippen molar-refractivity contribution in [2.45, 2.75) is 25.0 Å². The van der Waals surface area contributed by atoms with Crippen molar-refractivity contribution in [1.82, 2.24) is 5.16 Å². The lowest BCUT2D eigenvalue weighted by Gasteiger charge is -2.02. The van der Waals surface area contributed by atoms with E-state index in [1.54, 1.807) is 19.9 Å². The molecule has 0 fully saturated rings. The molecule has 0 atom stereocenters. The Morgan fingerprint density at radius 3 is 2.50 bits per heavy atom. The van der Waals surface area contributed by atoms with Crippen molar-refractivity contribution in [1.29, 1.82) is 0 Å². The Bertz CT molecular complexity index is 669. The summed E-state index contributed by atoms with van der Waals surface area (Å²) in [5.74, 6) is 0.162. The monoisotopic (exact) mass is 350 g/mol. The summed E-state index contributed by atoms with van der Waals surface area (Å²) >= 11 is 4.46. The topological polar surface area (TPSA) is 72.2 Å². The molecule has 0 aliphatic heterocycles. The van der Waals surface area contributed by atoms with Gasteiger partial charge < -0.3 is 4.52 Å². The molecule has 0 unspecified atom stereocenters. The van der Waals surface area contributed by atoms with Gasteiger partial charge in [0, 0.05) is 5.56 Å². The second-order valence-electron chi connectivity index (χ2n) is 3.85. The fourth-order valence-electron chi connectivity index (χ4n) is 1.25. The van der Waals surface area contributed by atoms with Gasteiger partial charge in [0.05, 0.1) is 9.48 Å². The molecule has 0 saturated carbocycles. The van der Waals surface area contributed by atoms with Crippen LogP contribution in [0.25, 0.3) is 0 Å². The average molecular weight is 351 g/mol. The van der Waals surface area contributed by atoms with Crippen LogP contribution in [-0.2, 0) is 10.0 Å². The summed E-state index contributed by atoms with van der Waals surface area (Å²) in [6.45, 7) is 5.34. The minimum Gasteiger partial charge on any atom is -0.337 e. The molecule has 0 saturated heterocycles. The number of hydrogen-bond acceptors (Lipinski definition) is 5. The highest BCUT2D eigenvalue weighted by molar-refractivity contribution is 9.11. The molecule has 0 aromatic carbocycles. The Morgan fingerprint density at radius 2 is 2.06 bits per heavy atom. The Morgan fingerprint density at radius 1 is 1.39 bits per heavy atom. The van der Waals surface area contributed by atoms with Crippen molar-refractivity contribution in [3.8, 4) is 0 Å². The van der Waals surface area contributed by atoms with Crippen LogP contribution in [0.3, 0.4) is 0 Å². The van der Waals surface area contributed by atoms with E-state index in [0.717, 1.165) is 20.7 Å². The number of rotatable bonds is 3. The van der Waals surface area contributed by atoms with Gasteiger partial charge in [-0.2, -0.15) is 0 Å². The number of anilines is 1. The van der Waals surface area contributed by atoms with Crippen LogP contribution in [0.4, 0.5) is 5.88 Å². The first-order valence-corrected chi connectivity index (χ1v) is 8.12. The molecule has 0 bridgehead atoms. The van der Waals surface area contributed by atoms with Crippen molar-refractivity contribution in [3.63, 3.8) is 0 Å². The summed E-state index contributed by atoms with van der Waals surface area (Å²) in [5, 5.41) is 3.71. The lowest BCUT2D eigenvalue weighted by molar-refractivity contribution is 0.430. The molecular weight excluding hydrogens is 340 g/mol. The number of halogens is 1. The van der Waals surface area contributed by atoms with E-state index in [4.69, 9.17) is 4.52 Å². The number of thiophene rings is 1. The molecule has 0 aliphatic carbocycles. The van der Waals surface area contributed by atoms with Crippen LogP contribution < -0.4 is 4.72 Å². The van der Waals surface area contributed by atoms with E-state index >= 15 is 0 Å². The van der Waals surface area contributed by atoms with Crippen molar-refractivity contribution in [2.24, 2.45) is 0 Å². The maximum absolute atomic E-state index is 12.1. The highest BCUT2D eigenvalue weighted by Gasteiger charge is 2.21. The van der Waals surface area contributed by atoms with E-state index in [0.29, 0.717) is 11.3 Å². The van der Waals surface area contributed by atoms with Crippen LogP contribution in [0.5, 0.6) is 0 Å². The SMILES string of the molecule is Cc1cc(S(=O)(=O)Nc2onc(C)c2C)sc1Br. The minimum absolute atomic E-state index is 0.162. The number of hydrogen-bond donors (Lipinski definition) is 1. The largest absolute Gasteiger partial charge is 0.337 e. The van der Waals surface area contributed by atoms with Crippen LogP contribution in [-0.4, -0.2) is 13.6 Å². The third-order valence-corrected chi connectivity index (χ3v) is 6.42. The number of nitrogens with one attached hydrogen (secondary N) is 1. The minimum atomic E-state index is -3.62. The van der Waals surface area contributed by atoms with Gasteiger partial charge in [0.25, 0.3) is 10.0 Å². The van der Waals surface area contributed by atoms with E-state index < -0.39 is 10.0 Å². The number of sulfonamides is 1. The van der Waals surface area contributed by atoms with Gasteiger partial charge in [-0.05, 0) is 48.3 Å². The lowest BCUT2D eigenvalue weighted by atomic mass is 10.3. The van der Waals surface area contributed by atoms with Gasteiger partial charge in [-0.15, -0.1) is 11.3 Å². The Hall–Kier alpha value is -0.860. The third-order valence-electron chi connectivity index (χ3n) is 2.48. The molecule has 1 N–H and O–H groups in total. The molecule has 0 spiro atoms.